The minimum Gasteiger partial charge on any atom is -0.481 e. The van der Waals surface area contributed by atoms with E-state index in [0.717, 1.165) is 40.5 Å². The number of thiazole rings is 1. The number of carbonyl (C=O) groups is 2. The zero-order valence-corrected chi connectivity index (χ0v) is 19.3. The smallest absolute Gasteiger partial charge is 0.307 e. The Morgan fingerprint density at radius 3 is 2.36 bits per heavy atom. The molecule has 1 aromatic heterocycles. The molecule has 0 spiro atoms. The summed E-state index contributed by atoms with van der Waals surface area (Å²) in [7, 11) is 0. The Balaban J connectivity index is 1.26. The fraction of sp³-hybridized carbons (Fsp3) is 0.296. The van der Waals surface area contributed by atoms with Gasteiger partial charge < -0.3 is 10.4 Å². The molecule has 3 atom stereocenters. The van der Waals surface area contributed by atoms with Crippen LogP contribution < -0.4 is 5.32 Å². The first-order valence-electron chi connectivity index (χ1n) is 11.4. The number of aromatic nitrogens is 1. The molecule has 1 saturated carbocycles. The highest BCUT2D eigenvalue weighted by Gasteiger charge is 2.37. The molecule has 2 aromatic carbocycles. The topological polar surface area (TPSA) is 79.3 Å². The third-order valence-electron chi connectivity index (χ3n) is 6.63. The minimum atomic E-state index is -0.861. The Bertz CT molecular complexity index is 1210. The maximum atomic E-state index is 12.8. The van der Waals surface area contributed by atoms with Gasteiger partial charge in [-0.15, -0.1) is 11.3 Å². The van der Waals surface area contributed by atoms with E-state index in [4.69, 9.17) is 0 Å². The van der Waals surface area contributed by atoms with Gasteiger partial charge in [-0.05, 0) is 54.5 Å². The first-order valence-corrected chi connectivity index (χ1v) is 12.2. The van der Waals surface area contributed by atoms with Gasteiger partial charge in [0.1, 0.15) is 0 Å². The molecular formula is C27H26N2O3S. The minimum absolute atomic E-state index is 0.0543. The van der Waals surface area contributed by atoms with Crippen molar-refractivity contribution in [1.29, 1.82) is 0 Å². The van der Waals surface area contributed by atoms with Gasteiger partial charge in [0.2, 0.25) is 0 Å². The average Bonchev–Trinajstić information content (AvgIpc) is 3.46. The largest absolute Gasteiger partial charge is 0.481 e. The normalized spacial score (nSPS) is 21.5. The molecule has 1 heterocycles. The van der Waals surface area contributed by atoms with Crippen molar-refractivity contribution >= 4 is 40.0 Å². The Labute approximate surface area is 197 Å². The first kappa shape index (κ1) is 21.6. The summed E-state index contributed by atoms with van der Waals surface area (Å²) in [5.41, 5.74) is 4.71. The number of Topliss-reactive ketones (excluding diaryl/α,β-unsaturated/α-hetero) is 1. The van der Waals surface area contributed by atoms with Gasteiger partial charge in [-0.25, -0.2) is 4.98 Å². The van der Waals surface area contributed by atoms with E-state index in [1.807, 2.05) is 48.5 Å². The fourth-order valence-electron chi connectivity index (χ4n) is 4.79. The average molecular weight is 459 g/mol. The fourth-order valence-corrected chi connectivity index (χ4v) is 5.90. The number of carboxylic acids is 1. The van der Waals surface area contributed by atoms with E-state index in [9.17, 15) is 14.7 Å². The number of aliphatic carboxylic acids is 1. The third kappa shape index (κ3) is 4.48. The summed E-state index contributed by atoms with van der Waals surface area (Å²) in [6, 6.07) is 15.7. The number of carboxylic acid groups (broad SMARTS) is 1. The number of ketones is 1. The molecule has 1 fully saturated rings. The molecule has 5 nitrogen and oxygen atoms in total. The number of benzene rings is 2. The SMILES string of the molecule is CC1C=Cc2nc(Nc3ccc(-c4ccc(C(=O)[C@@H]5CCC[C@H]5C(=O)O)cc4)cc3)sc2C1. The van der Waals surface area contributed by atoms with Crippen LogP contribution in [0, 0.1) is 17.8 Å². The molecule has 0 saturated heterocycles. The maximum Gasteiger partial charge on any atom is 0.307 e. The van der Waals surface area contributed by atoms with Crippen molar-refractivity contribution in [3.05, 3.63) is 70.7 Å². The predicted octanol–water partition coefficient (Wildman–Crippen LogP) is 6.44. The van der Waals surface area contributed by atoms with Crippen LogP contribution in [0.4, 0.5) is 10.8 Å². The molecule has 2 N–H and O–H groups in total. The van der Waals surface area contributed by atoms with Gasteiger partial charge in [0.25, 0.3) is 0 Å². The lowest BCUT2D eigenvalue weighted by Gasteiger charge is -2.14. The molecule has 0 amide bonds. The highest BCUT2D eigenvalue weighted by molar-refractivity contribution is 7.15. The molecular weight excluding hydrogens is 432 g/mol. The van der Waals surface area contributed by atoms with Crippen LogP contribution >= 0.6 is 11.3 Å². The van der Waals surface area contributed by atoms with Crippen LogP contribution in [0.15, 0.2) is 54.6 Å². The van der Waals surface area contributed by atoms with Gasteiger partial charge in [-0.2, -0.15) is 0 Å². The number of fused-ring (bicyclic) bond motifs is 1. The lowest BCUT2D eigenvalue weighted by molar-refractivity contribution is -0.142. The first-order chi connectivity index (χ1) is 16.0. The number of anilines is 2. The molecule has 0 aliphatic heterocycles. The molecule has 168 valence electrons. The second-order valence-corrected chi connectivity index (χ2v) is 10.1. The van der Waals surface area contributed by atoms with Crippen LogP contribution in [0.5, 0.6) is 0 Å². The summed E-state index contributed by atoms with van der Waals surface area (Å²) in [5, 5.41) is 13.7. The molecule has 1 unspecified atom stereocenters. The van der Waals surface area contributed by atoms with Gasteiger partial charge >= 0.3 is 5.97 Å². The quantitative estimate of drug-likeness (QED) is 0.415. The molecule has 3 aromatic rings. The van der Waals surface area contributed by atoms with E-state index in [-0.39, 0.29) is 5.78 Å². The third-order valence-corrected chi connectivity index (χ3v) is 7.64. The number of rotatable bonds is 6. The van der Waals surface area contributed by atoms with Gasteiger partial charge in [0, 0.05) is 22.0 Å². The van der Waals surface area contributed by atoms with Crippen molar-refractivity contribution < 1.29 is 14.7 Å². The van der Waals surface area contributed by atoms with E-state index in [1.165, 1.54) is 4.88 Å². The van der Waals surface area contributed by atoms with Gasteiger partial charge in [-0.1, -0.05) is 55.8 Å². The second-order valence-electron chi connectivity index (χ2n) is 8.99. The highest BCUT2D eigenvalue weighted by Crippen LogP contribution is 2.35. The Kier molecular flexibility index (Phi) is 5.85. The number of carbonyl (C=O) groups excluding carboxylic acids is 1. The van der Waals surface area contributed by atoms with Crippen molar-refractivity contribution in [2.45, 2.75) is 32.6 Å². The molecule has 2 aliphatic rings. The van der Waals surface area contributed by atoms with Crippen LogP contribution in [0.1, 0.15) is 47.1 Å². The number of hydrogen-bond acceptors (Lipinski definition) is 5. The number of nitrogens with zero attached hydrogens (tertiary/aromatic N) is 1. The summed E-state index contributed by atoms with van der Waals surface area (Å²) in [6.07, 6.45) is 7.40. The number of hydrogen-bond donors (Lipinski definition) is 2. The van der Waals surface area contributed by atoms with Crippen LogP contribution in [-0.4, -0.2) is 21.8 Å². The summed E-state index contributed by atoms with van der Waals surface area (Å²) >= 11 is 1.71. The van der Waals surface area contributed by atoms with Crippen LogP contribution in [0.25, 0.3) is 17.2 Å². The second kappa shape index (κ2) is 8.94. The predicted molar refractivity (Wildman–Crippen MR) is 132 cm³/mol. The van der Waals surface area contributed by atoms with Crippen LogP contribution in [0.3, 0.4) is 0 Å². The van der Waals surface area contributed by atoms with Crippen molar-refractivity contribution in [2.24, 2.45) is 17.8 Å². The van der Waals surface area contributed by atoms with E-state index in [2.05, 4.69) is 29.4 Å². The molecule has 0 bridgehead atoms. The molecule has 0 radical (unpaired) electrons. The zero-order valence-electron chi connectivity index (χ0n) is 18.5. The molecule has 6 heteroatoms. The van der Waals surface area contributed by atoms with E-state index < -0.39 is 17.8 Å². The Morgan fingerprint density at radius 2 is 1.67 bits per heavy atom. The summed E-state index contributed by atoms with van der Waals surface area (Å²) in [5.74, 6) is -1.32. The lowest BCUT2D eigenvalue weighted by Crippen LogP contribution is -2.25. The highest BCUT2D eigenvalue weighted by atomic mass is 32.1. The Hall–Kier alpha value is -3.25. The molecule has 5 rings (SSSR count). The molecule has 33 heavy (non-hydrogen) atoms. The lowest BCUT2D eigenvalue weighted by atomic mass is 9.88. The van der Waals surface area contributed by atoms with Crippen molar-refractivity contribution in [1.82, 2.24) is 4.98 Å². The van der Waals surface area contributed by atoms with Crippen molar-refractivity contribution in [2.75, 3.05) is 5.32 Å². The Morgan fingerprint density at radius 1 is 1.00 bits per heavy atom. The summed E-state index contributed by atoms with van der Waals surface area (Å²) in [4.78, 5) is 30.3. The van der Waals surface area contributed by atoms with Gasteiger partial charge in [0.05, 0.1) is 11.6 Å². The maximum absolute atomic E-state index is 12.8. The summed E-state index contributed by atoms with van der Waals surface area (Å²) < 4.78 is 0. The van der Waals surface area contributed by atoms with Crippen molar-refractivity contribution in [3.8, 4) is 11.1 Å². The van der Waals surface area contributed by atoms with Crippen molar-refractivity contribution in [3.63, 3.8) is 0 Å². The monoisotopic (exact) mass is 458 g/mol. The number of nitrogens with one attached hydrogen (secondary N) is 1. The van der Waals surface area contributed by atoms with Gasteiger partial charge in [0.15, 0.2) is 10.9 Å². The van der Waals surface area contributed by atoms with Crippen LogP contribution in [0.2, 0.25) is 0 Å². The van der Waals surface area contributed by atoms with Gasteiger partial charge in [-0.3, -0.25) is 9.59 Å². The van der Waals surface area contributed by atoms with E-state index in [0.29, 0.717) is 24.3 Å². The summed E-state index contributed by atoms with van der Waals surface area (Å²) in [6.45, 7) is 2.22. The zero-order chi connectivity index (χ0) is 22.9. The molecule has 2 aliphatic carbocycles. The van der Waals surface area contributed by atoms with Crippen LogP contribution in [-0.2, 0) is 11.2 Å². The standard InChI is InChI=1S/C27H26N2O3S/c1-16-5-14-23-24(15-16)33-27(29-23)28-20-12-10-18(11-13-20)17-6-8-19(9-7-17)25(30)21-3-2-4-22(21)26(31)32/h5-14,16,21-22H,2-4,15H2,1H3,(H,28,29)(H,31,32)/t16?,21-,22-/m1/s1. The van der Waals surface area contributed by atoms with E-state index >= 15 is 0 Å². The number of allylic oxidation sites excluding steroid dienone is 1. The van der Waals surface area contributed by atoms with E-state index in [1.54, 1.807) is 11.3 Å².